The molecule has 0 atom stereocenters. The van der Waals surface area contributed by atoms with E-state index in [1.165, 1.54) is 0 Å². The van der Waals surface area contributed by atoms with E-state index in [0.29, 0.717) is 21.2 Å². The molecule has 0 aliphatic carbocycles. The van der Waals surface area contributed by atoms with Gasteiger partial charge in [0.2, 0.25) is 0 Å². The molecular weight excluding hydrogens is 401 g/mol. The average molecular weight is 422 g/mol. The topological polar surface area (TPSA) is 34.1 Å². The van der Waals surface area contributed by atoms with Crippen molar-refractivity contribution in [3.05, 3.63) is 127 Å². The molecule has 0 unspecified atom stereocenters. The molecule has 0 aliphatic rings. The van der Waals surface area contributed by atoms with Gasteiger partial charge in [0, 0.05) is 14.3 Å². The second-order valence-corrected chi connectivity index (χ2v) is 12.4. The Kier molecular flexibility index (Phi) is 7.41. The second-order valence-electron chi connectivity index (χ2n) is 6.77. The molecule has 4 rings (SSSR count). The van der Waals surface area contributed by atoms with Crippen LogP contribution >= 0.6 is 14.3 Å². The molecule has 0 amide bonds. The molecule has 30 heavy (non-hydrogen) atoms. The van der Waals surface area contributed by atoms with Crippen LogP contribution in [0.5, 0.6) is 0 Å². The number of rotatable bonds is 6. The van der Waals surface area contributed by atoms with Crippen molar-refractivity contribution in [3.8, 4) is 0 Å². The van der Waals surface area contributed by atoms with Gasteiger partial charge in [0.25, 0.3) is 0 Å². The molecule has 0 bridgehead atoms. The van der Waals surface area contributed by atoms with Crippen molar-refractivity contribution in [2.75, 3.05) is 0 Å². The number of benzene rings is 4. The predicted octanol–water partition coefficient (Wildman–Crippen LogP) is 2.14. The smallest absolute Gasteiger partial charge is 0.347 e. The fraction of sp³-hybridized carbons (Fsp3) is 0. The van der Waals surface area contributed by atoms with E-state index in [1.54, 1.807) is 5.90 Å². The van der Waals surface area contributed by atoms with Crippen molar-refractivity contribution >= 4 is 35.5 Å². The molecule has 5 heteroatoms. The summed E-state index contributed by atoms with van der Waals surface area (Å²) in [5.74, 6) is 1.63. The molecule has 0 N–H and O–H groups in total. The summed E-state index contributed by atoms with van der Waals surface area (Å²) in [6.07, 6.45) is 0. The Morgan fingerprint density at radius 1 is 0.400 bits per heavy atom. The van der Waals surface area contributed by atoms with Gasteiger partial charge in [-0.05, 0) is 21.2 Å². The minimum absolute atomic E-state index is 0. The molecule has 0 aliphatic heterocycles. The molecule has 0 aromatic heterocycles. The zero-order chi connectivity index (χ0) is 20.2. The molecule has 0 heterocycles. The van der Waals surface area contributed by atoms with Gasteiger partial charge < -0.3 is 9.13 Å². The monoisotopic (exact) mass is 422 g/mol. The second kappa shape index (κ2) is 9.83. The Morgan fingerprint density at radius 2 is 0.600 bits per heavy atom. The first kappa shape index (κ1) is 22.6. The molecule has 0 spiro atoms. The summed E-state index contributed by atoms with van der Waals surface area (Å²) >= 11 is 0. The van der Waals surface area contributed by atoms with Gasteiger partial charge >= 0.3 is 18.9 Å². The van der Waals surface area contributed by atoms with Gasteiger partial charge in [0.05, 0.1) is 0 Å². The van der Waals surface area contributed by atoms with E-state index in [-0.39, 0.29) is 18.9 Å². The van der Waals surface area contributed by atoms with Crippen LogP contribution in [0.25, 0.3) is 0 Å². The van der Waals surface area contributed by atoms with Crippen molar-refractivity contribution < 1.29 is 28.0 Å². The van der Waals surface area contributed by atoms with E-state index in [2.05, 4.69) is 0 Å². The van der Waals surface area contributed by atoms with Crippen LogP contribution in [0.15, 0.2) is 121 Å². The summed E-state index contributed by atoms with van der Waals surface area (Å²) in [6, 6.07) is 37.4. The van der Waals surface area contributed by atoms with Crippen molar-refractivity contribution in [3.63, 3.8) is 0 Å². The third kappa shape index (κ3) is 4.49. The summed E-state index contributed by atoms with van der Waals surface area (Å²) in [4.78, 5) is 0. The number of hydrogen-bond acceptors (Lipinski definition) is 2. The minimum Gasteiger partial charge on any atom is -0.347 e. The molecule has 0 saturated heterocycles. The predicted molar refractivity (Wildman–Crippen MR) is 124 cm³/mol. The Bertz CT molecular complexity index is 983. The summed E-state index contributed by atoms with van der Waals surface area (Å²) < 4.78 is 29.1. The van der Waals surface area contributed by atoms with Gasteiger partial charge in [-0.3, -0.25) is 0 Å². The van der Waals surface area contributed by atoms with Gasteiger partial charge in [-0.1, -0.05) is 121 Å². The van der Waals surface area contributed by atoms with Crippen LogP contribution in [-0.4, -0.2) is 0 Å². The van der Waals surface area contributed by atoms with Gasteiger partial charge in [-0.2, -0.15) is 5.90 Å². The Balaban J connectivity index is 0.00000256. The van der Waals surface area contributed by atoms with Crippen molar-refractivity contribution in [2.24, 2.45) is 0 Å². The van der Waals surface area contributed by atoms with E-state index >= 15 is 0 Å². The molecule has 0 radical (unpaired) electrons. The zero-order valence-corrected chi connectivity index (χ0v) is 18.6. The average Bonchev–Trinajstić information content (AvgIpc) is 2.81. The van der Waals surface area contributed by atoms with Crippen molar-refractivity contribution in [1.29, 1.82) is 0 Å². The summed E-state index contributed by atoms with van der Waals surface area (Å²) in [5.41, 5.74) is 0. The number of hydrogen-bond donors (Lipinski definition) is 0. The maximum Gasteiger partial charge on any atom is 1.00 e. The first-order chi connectivity index (χ1) is 14.1. The van der Waals surface area contributed by atoms with E-state index < -0.39 is 14.3 Å². The van der Waals surface area contributed by atoms with Crippen LogP contribution in [-0.2, 0) is 9.13 Å². The fourth-order valence-electron chi connectivity index (χ4n) is 3.39. The largest absolute Gasteiger partial charge is 1.00 e. The van der Waals surface area contributed by atoms with Gasteiger partial charge in [-0.25, -0.2) is 0 Å². The van der Waals surface area contributed by atoms with Crippen LogP contribution in [0.2, 0.25) is 0 Å². The maximum atomic E-state index is 14.6. The SMILES string of the molecule is O=P([CH-]P(=O)(c1ccccc1)c1ccccc1)(c1ccccc1)c1ccccc1.[Li+]. The molecule has 4 aromatic rings. The summed E-state index contributed by atoms with van der Waals surface area (Å²) in [5, 5.41) is 2.72. The van der Waals surface area contributed by atoms with Gasteiger partial charge in [0.1, 0.15) is 0 Å². The molecule has 4 aromatic carbocycles. The molecule has 0 fully saturated rings. The van der Waals surface area contributed by atoms with Gasteiger partial charge in [0.15, 0.2) is 0 Å². The van der Waals surface area contributed by atoms with Crippen molar-refractivity contribution in [2.45, 2.75) is 0 Å². The third-order valence-electron chi connectivity index (χ3n) is 4.88. The summed E-state index contributed by atoms with van der Waals surface area (Å²) in [7, 11) is -6.53. The zero-order valence-electron chi connectivity index (χ0n) is 16.8. The van der Waals surface area contributed by atoms with Crippen LogP contribution in [0.4, 0.5) is 0 Å². The quantitative estimate of drug-likeness (QED) is 0.271. The van der Waals surface area contributed by atoms with Crippen LogP contribution < -0.4 is 40.1 Å². The Labute approximate surface area is 190 Å². The molecule has 144 valence electrons. The van der Waals surface area contributed by atoms with E-state index in [0.717, 1.165) is 0 Å². The first-order valence-corrected chi connectivity index (χ1v) is 13.0. The Morgan fingerprint density at radius 3 is 0.800 bits per heavy atom. The van der Waals surface area contributed by atoms with E-state index in [1.807, 2.05) is 121 Å². The molecular formula is C25H21LiO2P2. The van der Waals surface area contributed by atoms with Crippen LogP contribution in [0.1, 0.15) is 0 Å². The fourth-order valence-corrected chi connectivity index (χ4v) is 10.4. The minimum atomic E-state index is -3.26. The normalized spacial score (nSPS) is 11.5. The van der Waals surface area contributed by atoms with Crippen LogP contribution in [0.3, 0.4) is 0 Å². The van der Waals surface area contributed by atoms with Gasteiger partial charge in [-0.15, -0.1) is 0 Å². The third-order valence-corrected chi connectivity index (χ3v) is 11.7. The molecule has 0 saturated carbocycles. The Hall–Kier alpha value is -2.06. The summed E-state index contributed by atoms with van der Waals surface area (Å²) in [6.45, 7) is 0. The van der Waals surface area contributed by atoms with Crippen LogP contribution in [0, 0.1) is 5.90 Å². The maximum absolute atomic E-state index is 14.6. The van der Waals surface area contributed by atoms with E-state index in [9.17, 15) is 9.13 Å². The first-order valence-electron chi connectivity index (χ1n) is 9.42. The van der Waals surface area contributed by atoms with E-state index in [4.69, 9.17) is 0 Å². The van der Waals surface area contributed by atoms with Crippen molar-refractivity contribution in [1.82, 2.24) is 0 Å². The standard InChI is InChI=1S/C25H21O2P2.Li/c26-28(22-13-5-1-6-14-22,23-15-7-2-8-16-23)21-29(27,24-17-9-3-10-18-24)25-19-11-4-12-20-25;/h1-21H;/q-1;+1. The molecule has 2 nitrogen and oxygen atoms in total.